The SMILES string of the molecule is CC(Cn1cccn1)NCC1CCCCC1. The Hall–Kier alpha value is -0.830. The van der Waals surface area contributed by atoms with E-state index in [4.69, 9.17) is 0 Å². The summed E-state index contributed by atoms with van der Waals surface area (Å²) in [5.41, 5.74) is 0. The Labute approximate surface area is 98.2 Å². The minimum Gasteiger partial charge on any atom is -0.312 e. The quantitative estimate of drug-likeness (QED) is 0.827. The molecule has 1 saturated carbocycles. The van der Waals surface area contributed by atoms with Crippen LogP contribution in [0.2, 0.25) is 0 Å². The van der Waals surface area contributed by atoms with Crippen molar-refractivity contribution in [1.82, 2.24) is 15.1 Å². The molecule has 1 N–H and O–H groups in total. The molecule has 1 fully saturated rings. The van der Waals surface area contributed by atoms with Gasteiger partial charge in [0.2, 0.25) is 0 Å². The normalized spacial score (nSPS) is 19.8. The van der Waals surface area contributed by atoms with Crippen LogP contribution in [0.3, 0.4) is 0 Å². The molecule has 1 aromatic heterocycles. The van der Waals surface area contributed by atoms with E-state index in [2.05, 4.69) is 17.3 Å². The van der Waals surface area contributed by atoms with Gasteiger partial charge in [-0.1, -0.05) is 19.3 Å². The zero-order valence-corrected chi connectivity index (χ0v) is 10.2. The fourth-order valence-corrected chi connectivity index (χ4v) is 2.51. The Morgan fingerprint density at radius 1 is 1.38 bits per heavy atom. The summed E-state index contributed by atoms with van der Waals surface area (Å²) < 4.78 is 2.00. The first-order valence-corrected chi connectivity index (χ1v) is 6.55. The van der Waals surface area contributed by atoms with Crippen LogP contribution < -0.4 is 5.32 Å². The smallest absolute Gasteiger partial charge is 0.0559 e. The number of nitrogens with one attached hydrogen (secondary N) is 1. The van der Waals surface area contributed by atoms with Crippen molar-refractivity contribution in [3.63, 3.8) is 0 Å². The predicted octanol–water partition coefficient (Wildman–Crippen LogP) is 2.44. The standard InChI is InChI=1S/C13H23N3/c1-12(11-16-9-5-8-15-16)14-10-13-6-3-2-4-7-13/h5,8-9,12-14H,2-4,6-7,10-11H2,1H3. The third-order valence-corrected chi connectivity index (χ3v) is 3.50. The van der Waals surface area contributed by atoms with Gasteiger partial charge in [0.05, 0.1) is 6.54 Å². The Balaban J connectivity index is 1.65. The third kappa shape index (κ3) is 3.63. The summed E-state index contributed by atoms with van der Waals surface area (Å²) in [7, 11) is 0. The van der Waals surface area contributed by atoms with E-state index >= 15 is 0 Å². The molecular formula is C13H23N3. The Kier molecular flexibility index (Phi) is 4.40. The van der Waals surface area contributed by atoms with Crippen molar-refractivity contribution in [2.24, 2.45) is 5.92 Å². The Bertz CT molecular complexity index is 275. The van der Waals surface area contributed by atoms with Gasteiger partial charge < -0.3 is 5.32 Å². The van der Waals surface area contributed by atoms with Crippen LogP contribution >= 0.6 is 0 Å². The van der Waals surface area contributed by atoms with Gasteiger partial charge in [-0.15, -0.1) is 0 Å². The van der Waals surface area contributed by atoms with E-state index in [1.54, 1.807) is 0 Å². The number of rotatable bonds is 5. The first kappa shape index (κ1) is 11.6. The van der Waals surface area contributed by atoms with E-state index in [0.717, 1.165) is 12.5 Å². The van der Waals surface area contributed by atoms with E-state index < -0.39 is 0 Å². The Morgan fingerprint density at radius 3 is 2.88 bits per heavy atom. The molecular weight excluding hydrogens is 198 g/mol. The number of hydrogen-bond donors (Lipinski definition) is 1. The van der Waals surface area contributed by atoms with Crippen LogP contribution in [0.1, 0.15) is 39.0 Å². The maximum Gasteiger partial charge on any atom is 0.0559 e. The van der Waals surface area contributed by atoms with E-state index in [0.29, 0.717) is 6.04 Å². The zero-order valence-electron chi connectivity index (χ0n) is 10.2. The lowest BCUT2D eigenvalue weighted by Crippen LogP contribution is -2.35. The molecule has 0 spiro atoms. The van der Waals surface area contributed by atoms with Crippen LogP contribution in [-0.4, -0.2) is 22.4 Å². The van der Waals surface area contributed by atoms with Gasteiger partial charge in [-0.25, -0.2) is 0 Å². The van der Waals surface area contributed by atoms with Gasteiger partial charge in [0.25, 0.3) is 0 Å². The summed E-state index contributed by atoms with van der Waals surface area (Å²) >= 11 is 0. The largest absolute Gasteiger partial charge is 0.312 e. The Morgan fingerprint density at radius 2 is 2.19 bits per heavy atom. The van der Waals surface area contributed by atoms with Gasteiger partial charge in [-0.05, 0) is 38.3 Å². The van der Waals surface area contributed by atoms with Crippen molar-refractivity contribution >= 4 is 0 Å². The van der Waals surface area contributed by atoms with Crippen LogP contribution in [-0.2, 0) is 6.54 Å². The third-order valence-electron chi connectivity index (χ3n) is 3.50. The minimum atomic E-state index is 0.516. The van der Waals surface area contributed by atoms with Crippen molar-refractivity contribution in [3.8, 4) is 0 Å². The zero-order chi connectivity index (χ0) is 11.2. The highest BCUT2D eigenvalue weighted by Gasteiger charge is 2.14. The van der Waals surface area contributed by atoms with Crippen molar-refractivity contribution in [3.05, 3.63) is 18.5 Å². The molecule has 0 aromatic carbocycles. The summed E-state index contributed by atoms with van der Waals surface area (Å²) in [5.74, 6) is 0.911. The fourth-order valence-electron chi connectivity index (χ4n) is 2.51. The first-order chi connectivity index (χ1) is 7.84. The van der Waals surface area contributed by atoms with Crippen molar-refractivity contribution in [2.75, 3.05) is 6.54 Å². The van der Waals surface area contributed by atoms with Gasteiger partial charge in [0, 0.05) is 18.4 Å². The molecule has 1 heterocycles. The molecule has 3 heteroatoms. The van der Waals surface area contributed by atoms with Gasteiger partial charge in [0.1, 0.15) is 0 Å². The second-order valence-electron chi connectivity index (χ2n) is 5.04. The highest BCUT2D eigenvalue weighted by Crippen LogP contribution is 2.22. The average Bonchev–Trinajstić information content (AvgIpc) is 2.81. The van der Waals surface area contributed by atoms with Crippen LogP contribution in [0.15, 0.2) is 18.5 Å². The van der Waals surface area contributed by atoms with Crippen LogP contribution in [0, 0.1) is 5.92 Å². The summed E-state index contributed by atoms with van der Waals surface area (Å²) in [5, 5.41) is 7.86. The molecule has 3 nitrogen and oxygen atoms in total. The molecule has 1 atom stereocenters. The first-order valence-electron chi connectivity index (χ1n) is 6.55. The molecule has 0 radical (unpaired) electrons. The van der Waals surface area contributed by atoms with Crippen molar-refractivity contribution in [1.29, 1.82) is 0 Å². The maximum absolute atomic E-state index is 4.23. The minimum absolute atomic E-state index is 0.516. The molecule has 90 valence electrons. The molecule has 1 aromatic rings. The van der Waals surface area contributed by atoms with Crippen molar-refractivity contribution in [2.45, 2.75) is 51.6 Å². The number of aromatic nitrogens is 2. The number of hydrogen-bond acceptors (Lipinski definition) is 2. The lowest BCUT2D eigenvalue weighted by molar-refractivity contribution is 0.320. The summed E-state index contributed by atoms with van der Waals surface area (Å²) in [4.78, 5) is 0. The maximum atomic E-state index is 4.23. The number of nitrogens with zero attached hydrogens (tertiary/aromatic N) is 2. The molecule has 0 aliphatic heterocycles. The molecule has 1 aliphatic rings. The summed E-state index contributed by atoms with van der Waals surface area (Å²) in [6, 6.07) is 2.50. The van der Waals surface area contributed by atoms with Gasteiger partial charge >= 0.3 is 0 Å². The van der Waals surface area contributed by atoms with Crippen LogP contribution in [0.4, 0.5) is 0 Å². The second-order valence-corrected chi connectivity index (χ2v) is 5.04. The van der Waals surface area contributed by atoms with Crippen molar-refractivity contribution < 1.29 is 0 Å². The van der Waals surface area contributed by atoms with Crippen LogP contribution in [0.25, 0.3) is 0 Å². The molecule has 16 heavy (non-hydrogen) atoms. The van der Waals surface area contributed by atoms with E-state index in [9.17, 15) is 0 Å². The average molecular weight is 221 g/mol. The summed E-state index contributed by atoms with van der Waals surface area (Å²) in [6.45, 7) is 4.40. The molecule has 1 aliphatic carbocycles. The fraction of sp³-hybridized carbons (Fsp3) is 0.769. The molecule has 0 amide bonds. The highest BCUT2D eigenvalue weighted by atomic mass is 15.3. The van der Waals surface area contributed by atoms with E-state index in [1.165, 1.54) is 38.6 Å². The lowest BCUT2D eigenvalue weighted by atomic mass is 9.89. The predicted molar refractivity (Wildman–Crippen MR) is 66.3 cm³/mol. The highest BCUT2D eigenvalue weighted by molar-refractivity contribution is 4.79. The summed E-state index contributed by atoms with van der Waals surface area (Å²) in [6.07, 6.45) is 11.0. The van der Waals surface area contributed by atoms with E-state index in [1.807, 2.05) is 23.1 Å². The molecule has 1 unspecified atom stereocenters. The molecule has 0 saturated heterocycles. The van der Waals surface area contributed by atoms with Crippen LogP contribution in [0.5, 0.6) is 0 Å². The topological polar surface area (TPSA) is 29.9 Å². The molecule has 0 bridgehead atoms. The molecule has 2 rings (SSSR count). The second kappa shape index (κ2) is 6.04. The van der Waals surface area contributed by atoms with E-state index in [-0.39, 0.29) is 0 Å². The monoisotopic (exact) mass is 221 g/mol. The lowest BCUT2D eigenvalue weighted by Gasteiger charge is -2.24. The van der Waals surface area contributed by atoms with Gasteiger partial charge in [0.15, 0.2) is 0 Å². The van der Waals surface area contributed by atoms with Gasteiger partial charge in [-0.2, -0.15) is 5.10 Å². The van der Waals surface area contributed by atoms with Gasteiger partial charge in [-0.3, -0.25) is 4.68 Å².